The lowest BCUT2D eigenvalue weighted by Gasteiger charge is -2.25. The van der Waals surface area contributed by atoms with Crippen LogP contribution >= 0.6 is 23.2 Å². The molecule has 0 radical (unpaired) electrons. The minimum atomic E-state index is 0.614. The zero-order valence-electron chi connectivity index (χ0n) is 7.71. The van der Waals surface area contributed by atoms with Crippen LogP contribution < -0.4 is 4.90 Å². The summed E-state index contributed by atoms with van der Waals surface area (Å²) in [6.45, 7) is 2.01. The normalized spacial score (nSPS) is 16.0. The Morgan fingerprint density at radius 2 is 1.93 bits per heavy atom. The molecule has 1 aliphatic rings. The summed E-state index contributed by atoms with van der Waals surface area (Å²) in [7, 11) is 0. The van der Waals surface area contributed by atoms with Gasteiger partial charge < -0.3 is 4.90 Å². The van der Waals surface area contributed by atoms with Crippen molar-refractivity contribution in [2.45, 2.75) is 6.42 Å². The highest BCUT2D eigenvalue weighted by Crippen LogP contribution is 2.27. The number of hydrogen-bond donors (Lipinski definition) is 0. The van der Waals surface area contributed by atoms with Crippen LogP contribution in [0.2, 0.25) is 10.0 Å². The molecule has 1 nitrogen and oxygen atoms in total. The molecular weight excluding hydrogens is 217 g/mol. The highest BCUT2D eigenvalue weighted by atomic mass is 35.5. The van der Waals surface area contributed by atoms with Gasteiger partial charge in [-0.3, -0.25) is 0 Å². The van der Waals surface area contributed by atoms with E-state index in [1.807, 2.05) is 18.2 Å². The van der Waals surface area contributed by atoms with Gasteiger partial charge >= 0.3 is 0 Å². The first-order valence-corrected chi connectivity index (χ1v) is 5.38. The van der Waals surface area contributed by atoms with Gasteiger partial charge in [0.05, 0.1) is 10.0 Å². The molecular formula is C11H11Cl2N. The van der Waals surface area contributed by atoms with Crippen molar-refractivity contribution in [3.8, 4) is 0 Å². The van der Waals surface area contributed by atoms with Crippen LogP contribution in [0.15, 0.2) is 30.4 Å². The summed E-state index contributed by atoms with van der Waals surface area (Å²) in [6.07, 6.45) is 5.47. The second kappa shape index (κ2) is 4.24. The van der Waals surface area contributed by atoms with Gasteiger partial charge in [0.1, 0.15) is 0 Å². The van der Waals surface area contributed by atoms with Crippen LogP contribution in [0.25, 0.3) is 0 Å². The van der Waals surface area contributed by atoms with Crippen LogP contribution in [0.5, 0.6) is 0 Å². The van der Waals surface area contributed by atoms with Crippen LogP contribution in [0.4, 0.5) is 5.69 Å². The minimum Gasteiger partial charge on any atom is -0.367 e. The first kappa shape index (κ1) is 9.88. The Bertz CT molecular complexity index is 360. The molecule has 0 saturated heterocycles. The Hall–Kier alpha value is -0.660. The number of anilines is 1. The predicted octanol–water partition coefficient (Wildman–Crippen LogP) is 3.76. The third-order valence-corrected chi connectivity index (χ3v) is 3.07. The van der Waals surface area contributed by atoms with Gasteiger partial charge in [-0.15, -0.1) is 0 Å². The fraction of sp³-hybridized carbons (Fsp3) is 0.273. The highest BCUT2D eigenvalue weighted by molar-refractivity contribution is 6.42. The Morgan fingerprint density at radius 1 is 1.07 bits per heavy atom. The molecule has 74 valence electrons. The standard InChI is InChI=1S/C11H11Cl2N/c12-10-5-4-9(8-11(10)13)14-6-2-1-3-7-14/h1-2,4-5,8H,3,6-7H2. The van der Waals surface area contributed by atoms with Crippen molar-refractivity contribution in [1.82, 2.24) is 0 Å². The zero-order valence-corrected chi connectivity index (χ0v) is 9.22. The quantitative estimate of drug-likeness (QED) is 0.661. The monoisotopic (exact) mass is 227 g/mol. The second-order valence-corrected chi connectivity index (χ2v) is 4.12. The smallest absolute Gasteiger partial charge is 0.0612 e. The molecule has 2 rings (SSSR count). The molecule has 1 aliphatic heterocycles. The summed E-state index contributed by atoms with van der Waals surface area (Å²) in [5.74, 6) is 0. The third kappa shape index (κ3) is 2.05. The molecule has 0 aliphatic carbocycles. The largest absolute Gasteiger partial charge is 0.367 e. The number of rotatable bonds is 1. The lowest BCUT2D eigenvalue weighted by molar-refractivity contribution is 0.821. The van der Waals surface area contributed by atoms with Crippen LogP contribution in [-0.4, -0.2) is 13.1 Å². The van der Waals surface area contributed by atoms with Crippen molar-refractivity contribution in [2.24, 2.45) is 0 Å². The van der Waals surface area contributed by atoms with E-state index in [1.165, 1.54) is 0 Å². The number of benzene rings is 1. The van der Waals surface area contributed by atoms with Crippen LogP contribution in [0.3, 0.4) is 0 Å². The molecule has 0 atom stereocenters. The summed E-state index contributed by atoms with van der Waals surface area (Å²) in [5.41, 5.74) is 1.14. The van der Waals surface area contributed by atoms with Gasteiger partial charge in [0, 0.05) is 18.8 Å². The second-order valence-electron chi connectivity index (χ2n) is 3.30. The molecule has 1 aromatic rings. The molecule has 1 aromatic carbocycles. The molecule has 0 saturated carbocycles. The first-order valence-electron chi connectivity index (χ1n) is 4.62. The van der Waals surface area contributed by atoms with E-state index in [9.17, 15) is 0 Å². The van der Waals surface area contributed by atoms with Crippen molar-refractivity contribution >= 4 is 28.9 Å². The van der Waals surface area contributed by atoms with Gasteiger partial charge in [0.2, 0.25) is 0 Å². The fourth-order valence-corrected chi connectivity index (χ4v) is 1.85. The molecule has 14 heavy (non-hydrogen) atoms. The van der Waals surface area contributed by atoms with E-state index in [2.05, 4.69) is 17.1 Å². The summed E-state index contributed by atoms with van der Waals surface area (Å²) in [4.78, 5) is 2.28. The predicted molar refractivity (Wildman–Crippen MR) is 62.4 cm³/mol. The van der Waals surface area contributed by atoms with Gasteiger partial charge in [-0.05, 0) is 24.6 Å². The molecule has 0 amide bonds. The van der Waals surface area contributed by atoms with Crippen molar-refractivity contribution in [3.05, 3.63) is 40.4 Å². The molecule has 1 heterocycles. The zero-order chi connectivity index (χ0) is 9.97. The number of halogens is 2. The Kier molecular flexibility index (Phi) is 2.99. The summed E-state index contributed by atoms with van der Waals surface area (Å²) >= 11 is 11.8. The minimum absolute atomic E-state index is 0.614. The van der Waals surface area contributed by atoms with E-state index in [4.69, 9.17) is 23.2 Å². The molecule has 3 heteroatoms. The average Bonchev–Trinajstić information content (AvgIpc) is 2.23. The maximum atomic E-state index is 5.96. The summed E-state index contributed by atoms with van der Waals surface area (Å²) in [6, 6.07) is 5.77. The van der Waals surface area contributed by atoms with Gasteiger partial charge in [0.25, 0.3) is 0 Å². The highest BCUT2D eigenvalue weighted by Gasteiger charge is 2.08. The Labute approximate surface area is 93.9 Å². The van der Waals surface area contributed by atoms with Gasteiger partial charge in [0.15, 0.2) is 0 Å². The van der Waals surface area contributed by atoms with Crippen molar-refractivity contribution < 1.29 is 0 Å². The van der Waals surface area contributed by atoms with Gasteiger partial charge in [-0.2, -0.15) is 0 Å². The van der Waals surface area contributed by atoms with Gasteiger partial charge in [-0.25, -0.2) is 0 Å². The van der Waals surface area contributed by atoms with Crippen LogP contribution in [-0.2, 0) is 0 Å². The first-order chi connectivity index (χ1) is 6.77. The van der Waals surface area contributed by atoms with Crippen molar-refractivity contribution in [2.75, 3.05) is 18.0 Å². The Balaban J connectivity index is 2.23. The average molecular weight is 228 g/mol. The lowest BCUT2D eigenvalue weighted by atomic mass is 10.2. The number of nitrogens with zero attached hydrogens (tertiary/aromatic N) is 1. The Morgan fingerprint density at radius 3 is 2.57 bits per heavy atom. The van der Waals surface area contributed by atoms with Crippen molar-refractivity contribution in [3.63, 3.8) is 0 Å². The third-order valence-electron chi connectivity index (χ3n) is 2.33. The van der Waals surface area contributed by atoms with Crippen LogP contribution in [0, 0.1) is 0 Å². The van der Waals surface area contributed by atoms with E-state index < -0.39 is 0 Å². The topological polar surface area (TPSA) is 3.24 Å². The number of hydrogen-bond acceptors (Lipinski definition) is 1. The van der Waals surface area contributed by atoms with E-state index >= 15 is 0 Å². The molecule has 0 N–H and O–H groups in total. The molecule has 0 fully saturated rings. The van der Waals surface area contributed by atoms with E-state index in [-0.39, 0.29) is 0 Å². The summed E-state index contributed by atoms with van der Waals surface area (Å²) < 4.78 is 0. The molecule has 0 aromatic heterocycles. The fourth-order valence-electron chi connectivity index (χ4n) is 1.56. The van der Waals surface area contributed by atoms with E-state index in [1.54, 1.807) is 0 Å². The van der Waals surface area contributed by atoms with E-state index in [0.29, 0.717) is 10.0 Å². The van der Waals surface area contributed by atoms with Crippen molar-refractivity contribution in [1.29, 1.82) is 0 Å². The summed E-state index contributed by atoms with van der Waals surface area (Å²) in [5, 5.41) is 1.24. The maximum absolute atomic E-state index is 5.96. The molecule has 0 spiro atoms. The van der Waals surface area contributed by atoms with Gasteiger partial charge in [-0.1, -0.05) is 35.4 Å². The maximum Gasteiger partial charge on any atom is 0.0612 e. The van der Waals surface area contributed by atoms with E-state index in [0.717, 1.165) is 25.2 Å². The SMILES string of the molecule is Clc1ccc(N2CC=CCC2)cc1Cl. The molecule has 0 bridgehead atoms. The lowest BCUT2D eigenvalue weighted by Crippen LogP contribution is -2.26. The molecule has 0 unspecified atom stereocenters. The van der Waals surface area contributed by atoms with Crippen LogP contribution in [0.1, 0.15) is 6.42 Å².